The van der Waals surface area contributed by atoms with Crippen LogP contribution in [0.15, 0.2) is 18.2 Å². The Bertz CT molecular complexity index is 559. The molecule has 0 aliphatic carbocycles. The third-order valence-corrected chi connectivity index (χ3v) is 3.04. The van der Waals surface area contributed by atoms with Crippen molar-refractivity contribution in [3.63, 3.8) is 0 Å². The summed E-state index contributed by atoms with van der Waals surface area (Å²) >= 11 is 5.86. The van der Waals surface area contributed by atoms with Gasteiger partial charge in [-0.15, -0.1) is 0 Å². The molecular weight excluding hydrogens is 290 g/mol. The zero-order valence-corrected chi connectivity index (χ0v) is 12.6. The number of aryl methyl sites for hydroxylation is 1. The Labute approximate surface area is 129 Å². The smallest absolute Gasteiger partial charge is 0.224 e. The minimum Gasteiger partial charge on any atom is -0.493 e. The molecule has 1 aromatic rings. The van der Waals surface area contributed by atoms with Crippen LogP contribution >= 0.6 is 11.6 Å². The second-order valence-corrected chi connectivity index (χ2v) is 4.86. The topological polar surface area (TPSA) is 77.1 Å². The molecule has 0 radical (unpaired) electrons. The average molecular weight is 306 g/mol. The Balaban J connectivity index is 2.38. The fourth-order valence-electron chi connectivity index (χ4n) is 1.74. The second kappa shape index (κ2) is 8.84. The summed E-state index contributed by atoms with van der Waals surface area (Å²) in [5.41, 5.74) is 0.935. The molecule has 0 spiro atoms. The Morgan fingerprint density at radius 2 is 2.00 bits per heavy atom. The van der Waals surface area contributed by atoms with Crippen molar-refractivity contribution in [3.8, 4) is 17.9 Å². The van der Waals surface area contributed by atoms with Gasteiger partial charge in [-0.2, -0.15) is 10.5 Å². The van der Waals surface area contributed by atoms with Gasteiger partial charge in [-0.3, -0.25) is 4.79 Å². The van der Waals surface area contributed by atoms with Crippen molar-refractivity contribution in [2.24, 2.45) is 0 Å². The van der Waals surface area contributed by atoms with Crippen molar-refractivity contribution in [1.82, 2.24) is 4.90 Å². The van der Waals surface area contributed by atoms with E-state index in [2.05, 4.69) is 0 Å². The van der Waals surface area contributed by atoms with Gasteiger partial charge in [0.05, 0.1) is 18.7 Å². The van der Waals surface area contributed by atoms with E-state index in [-0.39, 0.29) is 25.4 Å². The van der Waals surface area contributed by atoms with Gasteiger partial charge in [-0.05, 0) is 37.1 Å². The lowest BCUT2D eigenvalue weighted by atomic mass is 10.2. The van der Waals surface area contributed by atoms with Crippen molar-refractivity contribution in [1.29, 1.82) is 10.5 Å². The predicted octanol–water partition coefficient (Wildman–Crippen LogP) is 2.68. The van der Waals surface area contributed by atoms with E-state index in [1.807, 2.05) is 25.1 Å². The SMILES string of the molecule is Cc1cc(Cl)ccc1OCCCC(=O)N(CC#N)CC#N. The molecule has 6 heteroatoms. The van der Waals surface area contributed by atoms with E-state index >= 15 is 0 Å². The van der Waals surface area contributed by atoms with Crippen molar-refractivity contribution in [2.45, 2.75) is 19.8 Å². The molecule has 110 valence electrons. The van der Waals surface area contributed by atoms with Crippen LogP contribution < -0.4 is 4.74 Å². The Hall–Kier alpha value is -2.24. The molecule has 0 bridgehead atoms. The highest BCUT2D eigenvalue weighted by Gasteiger charge is 2.12. The van der Waals surface area contributed by atoms with E-state index in [1.165, 1.54) is 4.90 Å². The number of carbonyl (C=O) groups is 1. The first kappa shape index (κ1) is 16.8. The van der Waals surface area contributed by atoms with Crippen LogP contribution in [-0.2, 0) is 4.79 Å². The maximum absolute atomic E-state index is 11.8. The highest BCUT2D eigenvalue weighted by molar-refractivity contribution is 6.30. The lowest BCUT2D eigenvalue weighted by Crippen LogP contribution is -2.31. The molecule has 1 rings (SSSR count). The highest BCUT2D eigenvalue weighted by Crippen LogP contribution is 2.21. The van der Waals surface area contributed by atoms with Gasteiger partial charge in [0.15, 0.2) is 0 Å². The van der Waals surface area contributed by atoms with Crippen molar-refractivity contribution < 1.29 is 9.53 Å². The van der Waals surface area contributed by atoms with Crippen LogP contribution in [0.3, 0.4) is 0 Å². The molecule has 5 nitrogen and oxygen atoms in total. The maximum atomic E-state index is 11.8. The first-order valence-corrected chi connectivity index (χ1v) is 6.87. The number of amides is 1. The van der Waals surface area contributed by atoms with E-state index in [1.54, 1.807) is 12.1 Å². The standard InChI is InChI=1S/C15H16ClN3O2/c1-12-11-13(16)4-5-14(12)21-10-2-3-15(20)19(8-6-17)9-7-18/h4-5,11H,2-3,8-10H2,1H3. The molecule has 1 aromatic carbocycles. The highest BCUT2D eigenvalue weighted by atomic mass is 35.5. The molecule has 0 fully saturated rings. The van der Waals surface area contributed by atoms with Gasteiger partial charge < -0.3 is 9.64 Å². The van der Waals surface area contributed by atoms with Crippen molar-refractivity contribution in [2.75, 3.05) is 19.7 Å². The monoisotopic (exact) mass is 305 g/mol. The first-order chi connectivity index (χ1) is 10.1. The fourth-order valence-corrected chi connectivity index (χ4v) is 1.97. The van der Waals surface area contributed by atoms with Crippen LogP contribution in [0.5, 0.6) is 5.75 Å². The van der Waals surface area contributed by atoms with Gasteiger partial charge >= 0.3 is 0 Å². The summed E-state index contributed by atoms with van der Waals surface area (Å²) in [4.78, 5) is 13.0. The van der Waals surface area contributed by atoms with Gasteiger partial charge in [0.25, 0.3) is 0 Å². The number of ether oxygens (including phenoxy) is 1. The first-order valence-electron chi connectivity index (χ1n) is 6.49. The van der Waals surface area contributed by atoms with Crippen molar-refractivity contribution >= 4 is 17.5 Å². The van der Waals surface area contributed by atoms with E-state index < -0.39 is 0 Å². The molecule has 21 heavy (non-hydrogen) atoms. The summed E-state index contributed by atoms with van der Waals surface area (Å²) in [7, 11) is 0. The number of hydrogen-bond donors (Lipinski definition) is 0. The van der Waals surface area contributed by atoms with Crippen LogP contribution in [0.4, 0.5) is 0 Å². The maximum Gasteiger partial charge on any atom is 0.224 e. The largest absolute Gasteiger partial charge is 0.493 e. The molecule has 1 amide bonds. The fraction of sp³-hybridized carbons (Fsp3) is 0.400. The number of nitrogens with zero attached hydrogens (tertiary/aromatic N) is 3. The van der Waals surface area contributed by atoms with Gasteiger partial charge in [0.2, 0.25) is 5.91 Å². The number of carbonyl (C=O) groups excluding carboxylic acids is 1. The Morgan fingerprint density at radius 1 is 1.33 bits per heavy atom. The third kappa shape index (κ3) is 5.72. The van der Waals surface area contributed by atoms with Gasteiger partial charge in [0, 0.05) is 11.4 Å². The van der Waals surface area contributed by atoms with E-state index in [0.29, 0.717) is 18.1 Å². The zero-order chi connectivity index (χ0) is 15.7. The lowest BCUT2D eigenvalue weighted by molar-refractivity contribution is -0.130. The molecule has 0 aromatic heterocycles. The lowest BCUT2D eigenvalue weighted by Gasteiger charge is -2.15. The van der Waals surface area contributed by atoms with E-state index in [9.17, 15) is 4.79 Å². The van der Waals surface area contributed by atoms with E-state index in [4.69, 9.17) is 26.9 Å². The van der Waals surface area contributed by atoms with Gasteiger partial charge in [-0.1, -0.05) is 11.6 Å². The molecule has 0 saturated carbocycles. The third-order valence-electron chi connectivity index (χ3n) is 2.81. The average Bonchev–Trinajstić information content (AvgIpc) is 2.45. The van der Waals surface area contributed by atoms with Crippen molar-refractivity contribution in [3.05, 3.63) is 28.8 Å². The van der Waals surface area contributed by atoms with Crippen LogP contribution in [0.1, 0.15) is 18.4 Å². The van der Waals surface area contributed by atoms with Crippen LogP contribution in [0, 0.1) is 29.6 Å². The van der Waals surface area contributed by atoms with Gasteiger partial charge in [-0.25, -0.2) is 0 Å². The zero-order valence-electron chi connectivity index (χ0n) is 11.8. The molecule has 0 aliphatic rings. The Morgan fingerprint density at radius 3 is 2.57 bits per heavy atom. The minimum absolute atomic E-state index is 0.0659. The van der Waals surface area contributed by atoms with Crippen LogP contribution in [0.25, 0.3) is 0 Å². The summed E-state index contributed by atoms with van der Waals surface area (Å²) in [6.45, 7) is 2.15. The van der Waals surface area contributed by atoms with Crippen LogP contribution in [0.2, 0.25) is 5.02 Å². The summed E-state index contributed by atoms with van der Waals surface area (Å²) in [5.74, 6) is 0.521. The molecule has 0 aliphatic heterocycles. The normalized spacial score (nSPS) is 9.52. The Kier molecular flexibility index (Phi) is 7.08. The van der Waals surface area contributed by atoms with Crippen LogP contribution in [-0.4, -0.2) is 30.5 Å². The summed E-state index contributed by atoms with van der Waals surface area (Å²) < 4.78 is 5.58. The molecule has 0 saturated heterocycles. The number of hydrogen-bond acceptors (Lipinski definition) is 4. The molecular formula is C15H16ClN3O2. The number of halogens is 1. The molecule has 0 heterocycles. The quantitative estimate of drug-likeness (QED) is 0.573. The van der Waals surface area contributed by atoms with E-state index in [0.717, 1.165) is 11.3 Å². The number of nitriles is 2. The second-order valence-electron chi connectivity index (χ2n) is 4.43. The molecule has 0 atom stereocenters. The summed E-state index contributed by atoms with van der Waals surface area (Å²) in [6, 6.07) is 9.09. The summed E-state index contributed by atoms with van der Waals surface area (Å²) in [5, 5.41) is 17.8. The van der Waals surface area contributed by atoms with Gasteiger partial charge in [0.1, 0.15) is 18.8 Å². The molecule has 0 N–H and O–H groups in total. The molecule has 0 unspecified atom stereocenters. The minimum atomic E-state index is -0.213. The predicted molar refractivity (Wildman–Crippen MR) is 78.7 cm³/mol. The summed E-state index contributed by atoms with van der Waals surface area (Å²) in [6.07, 6.45) is 0.768. The number of rotatable bonds is 7. The number of benzene rings is 1.